The molecule has 0 spiro atoms. The molecular weight excluding hydrogens is 247 g/mol. The van der Waals surface area contributed by atoms with Gasteiger partial charge in [0.15, 0.2) is 0 Å². The number of primary amides is 1. The minimum absolute atomic E-state index is 0.0354. The summed E-state index contributed by atoms with van der Waals surface area (Å²) >= 11 is 0. The number of carbonyl (C=O) groups excluding carboxylic acids is 2. The summed E-state index contributed by atoms with van der Waals surface area (Å²) < 4.78 is 13.0. The third-order valence-electron chi connectivity index (χ3n) is 2.78. The Balaban J connectivity index is 2.55. The van der Waals surface area contributed by atoms with Crippen molar-refractivity contribution < 1.29 is 14.0 Å². The minimum atomic E-state index is -0.652. The van der Waals surface area contributed by atoms with Gasteiger partial charge in [0.1, 0.15) is 11.9 Å². The van der Waals surface area contributed by atoms with E-state index in [-0.39, 0.29) is 18.1 Å². The Bertz CT molecular complexity index is 449. The van der Waals surface area contributed by atoms with Crippen molar-refractivity contribution in [3.63, 3.8) is 0 Å². The van der Waals surface area contributed by atoms with E-state index >= 15 is 0 Å². The van der Waals surface area contributed by atoms with Gasteiger partial charge in [-0.3, -0.25) is 9.59 Å². The van der Waals surface area contributed by atoms with Crippen LogP contribution in [0.2, 0.25) is 0 Å². The molecule has 104 valence electrons. The summed E-state index contributed by atoms with van der Waals surface area (Å²) in [5.74, 6) is -1.26. The fourth-order valence-electron chi connectivity index (χ4n) is 1.77. The lowest BCUT2D eigenvalue weighted by Crippen LogP contribution is -2.44. The van der Waals surface area contributed by atoms with E-state index in [1.807, 2.05) is 6.92 Å². The van der Waals surface area contributed by atoms with Gasteiger partial charge in [0, 0.05) is 0 Å². The van der Waals surface area contributed by atoms with Crippen molar-refractivity contribution >= 4 is 11.8 Å². The molecule has 0 heterocycles. The quantitative estimate of drug-likeness (QED) is 0.785. The van der Waals surface area contributed by atoms with E-state index in [9.17, 15) is 14.0 Å². The average molecular weight is 266 g/mol. The normalized spacial score (nSPS) is 11.9. The van der Waals surface area contributed by atoms with Crippen LogP contribution in [0.1, 0.15) is 31.7 Å². The molecule has 0 fully saturated rings. The van der Waals surface area contributed by atoms with Gasteiger partial charge >= 0.3 is 0 Å². The number of amides is 2. The summed E-state index contributed by atoms with van der Waals surface area (Å²) in [6.45, 7) is 1.99. The lowest BCUT2D eigenvalue weighted by atomic mass is 10.1. The smallest absolute Gasteiger partial charge is 0.239 e. The zero-order valence-corrected chi connectivity index (χ0v) is 11.0. The van der Waals surface area contributed by atoms with Crippen LogP contribution in [0, 0.1) is 5.82 Å². The molecule has 5 heteroatoms. The predicted molar refractivity (Wildman–Crippen MR) is 70.8 cm³/mol. The maximum absolute atomic E-state index is 13.0. The summed E-state index contributed by atoms with van der Waals surface area (Å²) in [5.41, 5.74) is 5.80. The molecular formula is C14H19FN2O2. The van der Waals surface area contributed by atoms with Crippen LogP contribution < -0.4 is 11.1 Å². The molecule has 1 aromatic rings. The third kappa shape index (κ3) is 5.50. The van der Waals surface area contributed by atoms with Crippen molar-refractivity contribution in [3.8, 4) is 0 Å². The van der Waals surface area contributed by atoms with Gasteiger partial charge in [0.25, 0.3) is 0 Å². The first-order valence-corrected chi connectivity index (χ1v) is 6.36. The van der Waals surface area contributed by atoms with E-state index in [2.05, 4.69) is 5.32 Å². The first-order chi connectivity index (χ1) is 9.02. The first kappa shape index (κ1) is 15.1. The largest absolute Gasteiger partial charge is 0.368 e. The number of rotatable bonds is 7. The van der Waals surface area contributed by atoms with Crippen molar-refractivity contribution in [1.82, 2.24) is 5.32 Å². The maximum Gasteiger partial charge on any atom is 0.239 e. The SMILES string of the molecule is CCCC[C@@H](NC(=O)Cc1cccc(F)c1)C(N)=O. The molecule has 0 aliphatic heterocycles. The number of hydrogen-bond acceptors (Lipinski definition) is 2. The van der Waals surface area contributed by atoms with E-state index in [1.165, 1.54) is 12.1 Å². The molecule has 0 aromatic heterocycles. The highest BCUT2D eigenvalue weighted by atomic mass is 19.1. The minimum Gasteiger partial charge on any atom is -0.368 e. The highest BCUT2D eigenvalue weighted by Gasteiger charge is 2.17. The fourth-order valence-corrected chi connectivity index (χ4v) is 1.77. The van der Waals surface area contributed by atoms with Gasteiger partial charge in [-0.1, -0.05) is 31.9 Å². The van der Waals surface area contributed by atoms with Gasteiger partial charge < -0.3 is 11.1 Å². The number of halogens is 1. The molecule has 0 saturated heterocycles. The van der Waals surface area contributed by atoms with Crippen LogP contribution >= 0.6 is 0 Å². The molecule has 0 aliphatic rings. The van der Waals surface area contributed by atoms with Crippen LogP contribution in [0.5, 0.6) is 0 Å². The lowest BCUT2D eigenvalue weighted by molar-refractivity contribution is -0.127. The van der Waals surface area contributed by atoms with E-state index in [1.54, 1.807) is 12.1 Å². The maximum atomic E-state index is 13.0. The molecule has 0 aliphatic carbocycles. The van der Waals surface area contributed by atoms with Crippen molar-refractivity contribution in [3.05, 3.63) is 35.6 Å². The second-order valence-corrected chi connectivity index (χ2v) is 4.47. The molecule has 1 aromatic carbocycles. The lowest BCUT2D eigenvalue weighted by Gasteiger charge is -2.15. The molecule has 0 unspecified atom stereocenters. The van der Waals surface area contributed by atoms with Gasteiger partial charge in [-0.2, -0.15) is 0 Å². The molecule has 4 nitrogen and oxygen atoms in total. The first-order valence-electron chi connectivity index (χ1n) is 6.36. The zero-order valence-electron chi connectivity index (χ0n) is 11.0. The molecule has 0 bridgehead atoms. The van der Waals surface area contributed by atoms with Crippen LogP contribution in [0.4, 0.5) is 4.39 Å². The average Bonchev–Trinajstić information content (AvgIpc) is 2.34. The van der Waals surface area contributed by atoms with E-state index in [0.29, 0.717) is 12.0 Å². The Morgan fingerprint density at radius 1 is 1.42 bits per heavy atom. The van der Waals surface area contributed by atoms with Crippen molar-refractivity contribution in [2.45, 2.75) is 38.6 Å². The molecule has 19 heavy (non-hydrogen) atoms. The van der Waals surface area contributed by atoms with Gasteiger partial charge in [-0.25, -0.2) is 4.39 Å². The predicted octanol–water partition coefficient (Wildman–Crippen LogP) is 1.53. The zero-order chi connectivity index (χ0) is 14.3. The summed E-state index contributed by atoms with van der Waals surface area (Å²) in [6, 6.07) is 5.16. The molecule has 0 saturated carbocycles. The molecule has 1 atom stereocenters. The van der Waals surface area contributed by atoms with Crippen LogP contribution in [-0.2, 0) is 16.0 Å². The Kier molecular flexibility index (Phi) is 5.99. The van der Waals surface area contributed by atoms with Gasteiger partial charge in [-0.05, 0) is 24.1 Å². The van der Waals surface area contributed by atoms with Gasteiger partial charge in [0.05, 0.1) is 6.42 Å². The van der Waals surface area contributed by atoms with Gasteiger partial charge in [0.2, 0.25) is 11.8 Å². The van der Waals surface area contributed by atoms with Crippen LogP contribution in [0.25, 0.3) is 0 Å². The standard InChI is InChI=1S/C14H19FN2O2/c1-2-3-7-12(14(16)19)17-13(18)9-10-5-4-6-11(15)8-10/h4-6,8,12H,2-3,7,9H2,1H3,(H2,16,19)(H,17,18)/t12-/m1/s1. The Labute approximate surface area is 112 Å². The summed E-state index contributed by atoms with van der Waals surface area (Å²) in [6.07, 6.45) is 2.30. The Morgan fingerprint density at radius 3 is 2.74 bits per heavy atom. The van der Waals surface area contributed by atoms with Gasteiger partial charge in [-0.15, -0.1) is 0 Å². The summed E-state index contributed by atoms with van der Waals surface area (Å²) in [7, 11) is 0. The van der Waals surface area contributed by atoms with E-state index in [4.69, 9.17) is 5.73 Å². The third-order valence-corrected chi connectivity index (χ3v) is 2.78. The number of benzene rings is 1. The van der Waals surface area contributed by atoms with Crippen molar-refractivity contribution in [1.29, 1.82) is 0 Å². The highest BCUT2D eigenvalue weighted by Crippen LogP contribution is 2.05. The van der Waals surface area contributed by atoms with Crippen molar-refractivity contribution in [2.75, 3.05) is 0 Å². The summed E-state index contributed by atoms with van der Waals surface area (Å²) in [5, 5.41) is 2.58. The monoisotopic (exact) mass is 266 g/mol. The van der Waals surface area contributed by atoms with Crippen LogP contribution in [0.3, 0.4) is 0 Å². The Morgan fingerprint density at radius 2 is 2.16 bits per heavy atom. The molecule has 2 amide bonds. The topological polar surface area (TPSA) is 72.2 Å². The molecule has 3 N–H and O–H groups in total. The van der Waals surface area contributed by atoms with E-state index < -0.39 is 11.9 Å². The molecule has 0 radical (unpaired) electrons. The number of carbonyl (C=O) groups is 2. The number of nitrogens with two attached hydrogens (primary N) is 1. The van der Waals surface area contributed by atoms with Crippen LogP contribution in [0.15, 0.2) is 24.3 Å². The summed E-state index contributed by atoms with van der Waals surface area (Å²) in [4.78, 5) is 23.0. The number of hydrogen-bond donors (Lipinski definition) is 2. The highest BCUT2D eigenvalue weighted by molar-refractivity contribution is 5.87. The van der Waals surface area contributed by atoms with Crippen LogP contribution in [-0.4, -0.2) is 17.9 Å². The second-order valence-electron chi connectivity index (χ2n) is 4.47. The Hall–Kier alpha value is -1.91. The second kappa shape index (κ2) is 7.51. The fraction of sp³-hybridized carbons (Fsp3) is 0.429. The van der Waals surface area contributed by atoms with E-state index in [0.717, 1.165) is 12.8 Å². The number of unbranched alkanes of at least 4 members (excludes halogenated alkanes) is 1. The molecule has 1 rings (SSSR count). The van der Waals surface area contributed by atoms with Crippen molar-refractivity contribution in [2.24, 2.45) is 5.73 Å². The number of nitrogens with one attached hydrogen (secondary N) is 1.